The fourth-order valence-electron chi connectivity index (χ4n) is 1.18. The summed E-state index contributed by atoms with van der Waals surface area (Å²) in [6.45, 7) is 1.80. The molecule has 0 saturated carbocycles. The number of benzene rings is 1. The van der Waals surface area contributed by atoms with Crippen LogP contribution in [-0.2, 0) is 6.42 Å². The van der Waals surface area contributed by atoms with Crippen LogP contribution in [0.25, 0.3) is 0 Å². The minimum atomic E-state index is -0.696. The third-order valence-corrected chi connectivity index (χ3v) is 1.89. The highest BCUT2D eigenvalue weighted by Crippen LogP contribution is 2.31. The van der Waals surface area contributed by atoms with Crippen molar-refractivity contribution < 1.29 is 14.1 Å². The fourth-order valence-corrected chi connectivity index (χ4v) is 1.18. The maximum atomic E-state index is 13.2. The highest BCUT2D eigenvalue weighted by Gasteiger charge is 2.20. The first-order valence-corrected chi connectivity index (χ1v) is 4.11. The predicted molar refractivity (Wildman–Crippen MR) is 49.0 cm³/mol. The van der Waals surface area contributed by atoms with Crippen molar-refractivity contribution in [3.8, 4) is 5.75 Å². The number of methoxy groups -OCH3 is 1. The van der Waals surface area contributed by atoms with Crippen LogP contribution >= 0.6 is 0 Å². The summed E-state index contributed by atoms with van der Waals surface area (Å²) in [4.78, 5) is 9.91. The summed E-state index contributed by atoms with van der Waals surface area (Å²) in [7, 11) is 1.21. The summed E-state index contributed by atoms with van der Waals surface area (Å²) in [5.74, 6) is -1.01. The number of hydrogen-bond donors (Lipinski definition) is 0. The van der Waals surface area contributed by atoms with Crippen molar-refractivity contribution in [1.82, 2.24) is 0 Å². The Labute approximate surface area is 80.5 Å². The van der Waals surface area contributed by atoms with Gasteiger partial charge in [-0.1, -0.05) is 6.92 Å². The molecule has 5 heteroatoms. The highest BCUT2D eigenvalue weighted by atomic mass is 19.1. The highest BCUT2D eigenvalue weighted by molar-refractivity contribution is 5.49. The Hall–Kier alpha value is -1.65. The van der Waals surface area contributed by atoms with Gasteiger partial charge in [0.05, 0.1) is 12.0 Å². The van der Waals surface area contributed by atoms with E-state index < -0.39 is 10.7 Å². The van der Waals surface area contributed by atoms with E-state index in [0.29, 0.717) is 12.0 Å². The lowest BCUT2D eigenvalue weighted by molar-refractivity contribution is -0.386. The van der Waals surface area contributed by atoms with Gasteiger partial charge in [0.15, 0.2) is 5.82 Å². The maximum absolute atomic E-state index is 13.2. The number of nitrogens with zero attached hydrogens (tertiary/aromatic N) is 1. The normalized spacial score (nSPS) is 9.93. The van der Waals surface area contributed by atoms with Crippen molar-refractivity contribution in [1.29, 1.82) is 0 Å². The van der Waals surface area contributed by atoms with Gasteiger partial charge in [0.25, 0.3) is 0 Å². The van der Waals surface area contributed by atoms with Crippen LogP contribution < -0.4 is 4.74 Å². The number of nitro groups is 1. The number of rotatable bonds is 3. The molecule has 0 aromatic heterocycles. The zero-order valence-corrected chi connectivity index (χ0v) is 7.91. The number of nitro benzene ring substituents is 1. The molecule has 0 spiro atoms. The molecule has 0 heterocycles. The molecule has 4 nitrogen and oxygen atoms in total. The number of hydrogen-bond acceptors (Lipinski definition) is 3. The Morgan fingerprint density at radius 1 is 1.57 bits per heavy atom. The molecule has 0 aliphatic heterocycles. The average Bonchev–Trinajstić information content (AvgIpc) is 2.16. The van der Waals surface area contributed by atoms with Crippen LogP contribution in [0.2, 0.25) is 0 Å². The summed E-state index contributed by atoms with van der Waals surface area (Å²) < 4.78 is 17.8. The average molecular weight is 199 g/mol. The summed E-state index contributed by atoms with van der Waals surface area (Å²) >= 11 is 0. The Bertz CT molecular complexity index is 365. The summed E-state index contributed by atoms with van der Waals surface area (Å²) in [6, 6.07) is 2.56. The van der Waals surface area contributed by atoms with Crippen molar-refractivity contribution in [3.63, 3.8) is 0 Å². The van der Waals surface area contributed by atoms with E-state index in [4.69, 9.17) is 0 Å². The lowest BCUT2D eigenvalue weighted by atomic mass is 10.1. The van der Waals surface area contributed by atoms with Gasteiger partial charge in [0.1, 0.15) is 0 Å². The van der Waals surface area contributed by atoms with E-state index in [1.807, 2.05) is 0 Å². The molecule has 0 unspecified atom stereocenters. The molecule has 0 saturated heterocycles. The molecule has 0 amide bonds. The first-order chi connectivity index (χ1) is 6.60. The van der Waals surface area contributed by atoms with E-state index >= 15 is 0 Å². The second kappa shape index (κ2) is 4.04. The Morgan fingerprint density at radius 2 is 2.21 bits per heavy atom. The third kappa shape index (κ3) is 1.81. The molecule has 1 aromatic rings. The van der Waals surface area contributed by atoms with Crippen LogP contribution in [-0.4, -0.2) is 12.0 Å². The molecule has 0 fully saturated rings. The minimum absolute atomic E-state index is 0.313. The summed E-state index contributed by atoms with van der Waals surface area (Å²) in [5, 5.41) is 10.6. The van der Waals surface area contributed by atoms with Gasteiger partial charge in [-0.2, -0.15) is 0 Å². The van der Waals surface area contributed by atoms with Gasteiger partial charge in [-0.05, 0) is 18.1 Å². The number of halogens is 1. The third-order valence-electron chi connectivity index (χ3n) is 1.89. The van der Waals surface area contributed by atoms with E-state index in [2.05, 4.69) is 4.74 Å². The van der Waals surface area contributed by atoms with Crippen LogP contribution in [0.1, 0.15) is 12.5 Å². The van der Waals surface area contributed by atoms with Gasteiger partial charge in [0, 0.05) is 6.07 Å². The molecule has 1 aromatic carbocycles. The Kier molecular flexibility index (Phi) is 3.01. The van der Waals surface area contributed by atoms with Crippen LogP contribution in [0.15, 0.2) is 12.1 Å². The molecule has 0 aliphatic carbocycles. The van der Waals surface area contributed by atoms with Crippen LogP contribution in [0.3, 0.4) is 0 Å². The smallest absolute Gasteiger partial charge is 0.314 e. The van der Waals surface area contributed by atoms with Gasteiger partial charge in [-0.15, -0.1) is 0 Å². The molecule has 14 heavy (non-hydrogen) atoms. The minimum Gasteiger partial charge on any atom is -0.488 e. The van der Waals surface area contributed by atoms with E-state index in [-0.39, 0.29) is 11.4 Å². The van der Waals surface area contributed by atoms with Crippen molar-refractivity contribution in [3.05, 3.63) is 33.6 Å². The van der Waals surface area contributed by atoms with Crippen molar-refractivity contribution >= 4 is 5.69 Å². The van der Waals surface area contributed by atoms with Crippen LogP contribution in [0.4, 0.5) is 10.1 Å². The number of aryl methyl sites for hydroxylation is 1. The van der Waals surface area contributed by atoms with E-state index in [0.717, 1.165) is 0 Å². The second-order valence-corrected chi connectivity index (χ2v) is 2.74. The molecule has 76 valence electrons. The molecule has 1 rings (SSSR count). The topological polar surface area (TPSA) is 52.4 Å². The molecule has 0 bridgehead atoms. The Morgan fingerprint density at radius 3 is 2.64 bits per heavy atom. The fraction of sp³-hybridized carbons (Fsp3) is 0.333. The zero-order valence-electron chi connectivity index (χ0n) is 7.91. The van der Waals surface area contributed by atoms with Crippen LogP contribution in [0, 0.1) is 15.9 Å². The SMILES string of the molecule is CCc1cc(F)c(OC)c([N+](=O)[O-])c1. The van der Waals surface area contributed by atoms with Gasteiger partial charge in [-0.3, -0.25) is 10.1 Å². The lowest BCUT2D eigenvalue weighted by Crippen LogP contribution is -1.98. The first-order valence-electron chi connectivity index (χ1n) is 4.11. The summed E-state index contributed by atoms with van der Waals surface area (Å²) in [6.07, 6.45) is 0.543. The van der Waals surface area contributed by atoms with Crippen molar-refractivity contribution in [2.24, 2.45) is 0 Å². The van der Waals surface area contributed by atoms with Gasteiger partial charge in [0.2, 0.25) is 5.75 Å². The zero-order chi connectivity index (χ0) is 10.7. The quantitative estimate of drug-likeness (QED) is 0.554. The largest absolute Gasteiger partial charge is 0.488 e. The van der Waals surface area contributed by atoms with E-state index in [1.165, 1.54) is 19.2 Å². The van der Waals surface area contributed by atoms with Gasteiger partial charge in [-0.25, -0.2) is 4.39 Å². The lowest BCUT2D eigenvalue weighted by Gasteiger charge is -2.04. The second-order valence-electron chi connectivity index (χ2n) is 2.74. The molecular weight excluding hydrogens is 189 g/mol. The molecule has 0 radical (unpaired) electrons. The van der Waals surface area contributed by atoms with E-state index in [1.54, 1.807) is 6.92 Å². The van der Waals surface area contributed by atoms with Gasteiger partial charge < -0.3 is 4.74 Å². The van der Waals surface area contributed by atoms with Gasteiger partial charge >= 0.3 is 5.69 Å². The summed E-state index contributed by atoms with van der Waals surface area (Å²) in [5.41, 5.74) is 0.249. The monoisotopic (exact) mass is 199 g/mol. The molecule has 0 aliphatic rings. The maximum Gasteiger partial charge on any atom is 0.314 e. The standard InChI is InChI=1S/C9H10FNO3/c1-3-6-4-7(10)9(14-2)8(5-6)11(12)13/h4-5H,3H2,1-2H3. The van der Waals surface area contributed by atoms with E-state index in [9.17, 15) is 14.5 Å². The molecular formula is C9H10FNO3. The predicted octanol–water partition coefficient (Wildman–Crippen LogP) is 2.30. The first kappa shape index (κ1) is 10.4. The van der Waals surface area contributed by atoms with Crippen molar-refractivity contribution in [2.45, 2.75) is 13.3 Å². The molecule has 0 N–H and O–H groups in total. The Balaban J connectivity index is 3.35. The number of ether oxygens (including phenoxy) is 1. The van der Waals surface area contributed by atoms with Crippen LogP contribution in [0.5, 0.6) is 5.75 Å². The van der Waals surface area contributed by atoms with Crippen molar-refractivity contribution in [2.75, 3.05) is 7.11 Å². The molecule has 0 atom stereocenters.